The fraction of sp³-hybridized carbons (Fsp3) is 0.938. The smallest absolute Gasteiger partial charge is 0.225 e. The third kappa shape index (κ3) is 3.95. The van der Waals surface area contributed by atoms with Crippen LogP contribution in [0.2, 0.25) is 0 Å². The summed E-state index contributed by atoms with van der Waals surface area (Å²) in [6.45, 7) is 8.88. The lowest BCUT2D eigenvalue weighted by molar-refractivity contribution is -0.141. The van der Waals surface area contributed by atoms with Crippen LogP contribution < -0.4 is 5.32 Å². The molecular formula is C16H30N2O2. The van der Waals surface area contributed by atoms with Crippen molar-refractivity contribution in [3.05, 3.63) is 0 Å². The molecule has 0 bridgehead atoms. The van der Waals surface area contributed by atoms with Crippen molar-refractivity contribution >= 4 is 5.91 Å². The summed E-state index contributed by atoms with van der Waals surface area (Å²) >= 11 is 0. The summed E-state index contributed by atoms with van der Waals surface area (Å²) in [5, 5.41) is 3.66. The summed E-state index contributed by atoms with van der Waals surface area (Å²) in [6.07, 6.45) is 5.72. The first kappa shape index (κ1) is 15.8. The number of amides is 1. The first-order valence-corrected chi connectivity index (χ1v) is 8.23. The van der Waals surface area contributed by atoms with Crippen molar-refractivity contribution in [3.63, 3.8) is 0 Å². The first-order valence-electron chi connectivity index (χ1n) is 8.23. The lowest BCUT2D eigenvalue weighted by Crippen LogP contribution is -2.55. The van der Waals surface area contributed by atoms with Gasteiger partial charge in [0.25, 0.3) is 0 Å². The van der Waals surface area contributed by atoms with Gasteiger partial charge in [-0.3, -0.25) is 4.79 Å². The van der Waals surface area contributed by atoms with Gasteiger partial charge >= 0.3 is 0 Å². The molecule has 2 fully saturated rings. The summed E-state index contributed by atoms with van der Waals surface area (Å²) in [6, 6.07) is 1.33. The van der Waals surface area contributed by atoms with E-state index < -0.39 is 0 Å². The van der Waals surface area contributed by atoms with Crippen LogP contribution in [0.4, 0.5) is 0 Å². The SMILES string of the molecule is CC(C)C(=O)N1C(C)CCCC1CNC1CCOCC1. The average Bonchev–Trinajstić information content (AvgIpc) is 2.45. The minimum absolute atomic E-state index is 0.0983. The maximum atomic E-state index is 12.4. The Bertz CT molecular complexity index is 314. The molecule has 2 rings (SSSR count). The molecule has 0 aromatic rings. The van der Waals surface area contributed by atoms with Crippen molar-refractivity contribution < 1.29 is 9.53 Å². The average molecular weight is 282 g/mol. The molecule has 20 heavy (non-hydrogen) atoms. The Morgan fingerprint density at radius 2 is 1.95 bits per heavy atom. The number of nitrogens with zero attached hydrogens (tertiary/aromatic N) is 1. The summed E-state index contributed by atoms with van der Waals surface area (Å²) in [4.78, 5) is 14.6. The summed E-state index contributed by atoms with van der Waals surface area (Å²) in [5.41, 5.74) is 0. The van der Waals surface area contributed by atoms with Crippen molar-refractivity contribution in [3.8, 4) is 0 Å². The second-order valence-electron chi connectivity index (χ2n) is 6.63. The summed E-state index contributed by atoms with van der Waals surface area (Å²) < 4.78 is 5.39. The third-order valence-electron chi connectivity index (χ3n) is 4.64. The molecule has 116 valence electrons. The highest BCUT2D eigenvalue weighted by Crippen LogP contribution is 2.24. The molecule has 0 aromatic carbocycles. The van der Waals surface area contributed by atoms with Gasteiger partial charge < -0.3 is 15.0 Å². The molecule has 2 unspecified atom stereocenters. The topological polar surface area (TPSA) is 41.6 Å². The van der Waals surface area contributed by atoms with Crippen LogP contribution >= 0.6 is 0 Å². The second kappa shape index (κ2) is 7.41. The molecular weight excluding hydrogens is 252 g/mol. The predicted molar refractivity (Wildman–Crippen MR) is 80.6 cm³/mol. The van der Waals surface area contributed by atoms with Gasteiger partial charge in [0.1, 0.15) is 0 Å². The molecule has 2 heterocycles. The molecule has 0 radical (unpaired) electrons. The lowest BCUT2D eigenvalue weighted by Gasteiger charge is -2.42. The Hall–Kier alpha value is -0.610. The number of ether oxygens (including phenoxy) is 1. The standard InChI is InChI=1S/C16H30N2O2/c1-12(2)16(19)18-13(3)5-4-6-15(18)11-17-14-7-9-20-10-8-14/h12-15,17H,4-11H2,1-3H3. The maximum Gasteiger partial charge on any atom is 0.225 e. The van der Waals surface area contributed by atoms with Crippen molar-refractivity contribution in [2.24, 2.45) is 5.92 Å². The molecule has 1 N–H and O–H groups in total. The number of nitrogens with one attached hydrogen (secondary N) is 1. The molecule has 2 atom stereocenters. The van der Waals surface area contributed by atoms with Gasteiger partial charge in [0.2, 0.25) is 5.91 Å². The minimum Gasteiger partial charge on any atom is -0.381 e. The van der Waals surface area contributed by atoms with Gasteiger partial charge in [0.15, 0.2) is 0 Å². The summed E-state index contributed by atoms with van der Waals surface area (Å²) in [7, 11) is 0. The van der Waals surface area contributed by atoms with E-state index in [-0.39, 0.29) is 5.92 Å². The molecule has 0 spiro atoms. The van der Waals surface area contributed by atoms with Crippen molar-refractivity contribution in [2.45, 2.75) is 71.0 Å². The van der Waals surface area contributed by atoms with Crippen LogP contribution in [0.3, 0.4) is 0 Å². The van der Waals surface area contributed by atoms with Crippen LogP contribution in [0.15, 0.2) is 0 Å². The highest BCUT2D eigenvalue weighted by atomic mass is 16.5. The Morgan fingerprint density at radius 1 is 1.25 bits per heavy atom. The number of likely N-dealkylation sites (tertiary alicyclic amines) is 1. The molecule has 0 saturated carbocycles. The van der Waals surface area contributed by atoms with E-state index in [0.717, 1.165) is 45.4 Å². The second-order valence-corrected chi connectivity index (χ2v) is 6.63. The monoisotopic (exact) mass is 282 g/mol. The van der Waals surface area contributed by atoms with Crippen molar-refractivity contribution in [1.29, 1.82) is 0 Å². The number of carbonyl (C=O) groups is 1. The fourth-order valence-electron chi connectivity index (χ4n) is 3.39. The quantitative estimate of drug-likeness (QED) is 0.859. The van der Waals surface area contributed by atoms with Crippen LogP contribution in [0.25, 0.3) is 0 Å². The van der Waals surface area contributed by atoms with E-state index in [4.69, 9.17) is 4.74 Å². The van der Waals surface area contributed by atoms with E-state index in [1.165, 1.54) is 6.42 Å². The highest BCUT2D eigenvalue weighted by Gasteiger charge is 2.32. The van der Waals surface area contributed by atoms with Gasteiger partial charge in [-0.15, -0.1) is 0 Å². The van der Waals surface area contributed by atoms with Gasteiger partial charge in [-0.1, -0.05) is 13.8 Å². The molecule has 4 heteroatoms. The zero-order chi connectivity index (χ0) is 14.5. The minimum atomic E-state index is 0.0983. The molecule has 1 amide bonds. The molecule has 0 aliphatic carbocycles. The van der Waals surface area contributed by atoms with E-state index in [0.29, 0.717) is 24.0 Å². The number of carbonyl (C=O) groups excluding carboxylic acids is 1. The van der Waals surface area contributed by atoms with Gasteiger partial charge in [0, 0.05) is 43.8 Å². The van der Waals surface area contributed by atoms with Crippen LogP contribution in [-0.2, 0) is 9.53 Å². The van der Waals surface area contributed by atoms with E-state index in [1.54, 1.807) is 0 Å². The molecule has 2 aliphatic heterocycles. The van der Waals surface area contributed by atoms with Gasteiger partial charge in [0.05, 0.1) is 0 Å². The molecule has 4 nitrogen and oxygen atoms in total. The molecule has 0 aromatic heterocycles. The largest absolute Gasteiger partial charge is 0.381 e. The zero-order valence-electron chi connectivity index (χ0n) is 13.2. The van der Waals surface area contributed by atoms with Crippen molar-refractivity contribution in [1.82, 2.24) is 10.2 Å². The fourth-order valence-corrected chi connectivity index (χ4v) is 3.39. The highest BCUT2D eigenvalue weighted by molar-refractivity contribution is 5.78. The lowest BCUT2D eigenvalue weighted by atomic mass is 9.94. The van der Waals surface area contributed by atoms with Crippen LogP contribution in [0.5, 0.6) is 0 Å². The Balaban J connectivity index is 1.90. The molecule has 2 saturated heterocycles. The Labute approximate surface area is 123 Å². The number of hydrogen-bond donors (Lipinski definition) is 1. The summed E-state index contributed by atoms with van der Waals surface area (Å²) in [5.74, 6) is 0.414. The predicted octanol–water partition coefficient (Wildman–Crippen LogP) is 2.18. The number of rotatable bonds is 4. The van der Waals surface area contributed by atoms with Crippen molar-refractivity contribution in [2.75, 3.05) is 19.8 Å². The van der Waals surface area contributed by atoms with Gasteiger partial charge in [-0.25, -0.2) is 0 Å². The van der Waals surface area contributed by atoms with Crippen LogP contribution in [0.1, 0.15) is 52.9 Å². The maximum absolute atomic E-state index is 12.4. The van der Waals surface area contributed by atoms with Gasteiger partial charge in [-0.05, 0) is 39.0 Å². The Morgan fingerprint density at radius 3 is 2.60 bits per heavy atom. The van der Waals surface area contributed by atoms with Crippen LogP contribution in [0, 0.1) is 5.92 Å². The normalized spacial score (nSPS) is 28.9. The van der Waals surface area contributed by atoms with Crippen LogP contribution in [-0.4, -0.2) is 48.7 Å². The third-order valence-corrected chi connectivity index (χ3v) is 4.64. The Kier molecular flexibility index (Phi) is 5.85. The number of piperidine rings is 1. The first-order chi connectivity index (χ1) is 9.59. The van der Waals surface area contributed by atoms with E-state index in [1.807, 2.05) is 13.8 Å². The van der Waals surface area contributed by atoms with Gasteiger partial charge in [-0.2, -0.15) is 0 Å². The van der Waals surface area contributed by atoms with E-state index in [2.05, 4.69) is 17.1 Å². The van der Waals surface area contributed by atoms with E-state index in [9.17, 15) is 4.79 Å². The zero-order valence-corrected chi connectivity index (χ0v) is 13.2. The number of hydrogen-bond acceptors (Lipinski definition) is 3. The van der Waals surface area contributed by atoms with E-state index >= 15 is 0 Å². The molecule has 2 aliphatic rings.